The van der Waals surface area contributed by atoms with Crippen molar-refractivity contribution in [2.45, 2.75) is 43.8 Å². The van der Waals surface area contributed by atoms with Crippen LogP contribution in [0.2, 0.25) is 0 Å². The Morgan fingerprint density at radius 1 is 1.33 bits per heavy atom. The highest BCUT2D eigenvalue weighted by atomic mass is 32.2. The van der Waals surface area contributed by atoms with Crippen LogP contribution in [0.5, 0.6) is 0 Å². The predicted octanol–water partition coefficient (Wildman–Crippen LogP) is 2.52. The van der Waals surface area contributed by atoms with Crippen molar-refractivity contribution in [1.82, 2.24) is 4.31 Å². The van der Waals surface area contributed by atoms with Crippen LogP contribution in [0.3, 0.4) is 0 Å². The van der Waals surface area contributed by atoms with Crippen LogP contribution < -0.4 is 5.73 Å². The number of anilines is 1. The molecule has 1 unspecified atom stereocenters. The van der Waals surface area contributed by atoms with Gasteiger partial charge in [0.05, 0.1) is 4.90 Å². The van der Waals surface area contributed by atoms with Crippen LogP contribution in [0, 0.1) is 0 Å². The molecule has 21 heavy (non-hydrogen) atoms. The molecule has 0 aliphatic carbocycles. The molecule has 0 aromatic heterocycles. The number of rotatable bonds is 4. The molecule has 0 saturated carbocycles. The maximum atomic E-state index is 13.0. The van der Waals surface area contributed by atoms with Crippen LogP contribution in [-0.2, 0) is 22.9 Å². The number of nitrogens with two attached hydrogens (primary N) is 1. The van der Waals surface area contributed by atoms with Gasteiger partial charge in [-0.1, -0.05) is 20.8 Å². The maximum Gasteiger partial charge on any atom is 0.243 e. The van der Waals surface area contributed by atoms with Crippen molar-refractivity contribution in [2.75, 3.05) is 24.6 Å². The minimum atomic E-state index is -3.45. The minimum Gasteiger partial charge on any atom is -0.398 e. The van der Waals surface area contributed by atoms with Crippen LogP contribution in [0.25, 0.3) is 0 Å². The highest BCUT2D eigenvalue weighted by Crippen LogP contribution is 2.30. The molecule has 1 heterocycles. The molecule has 0 amide bonds. The lowest BCUT2D eigenvalue weighted by Gasteiger charge is -2.30. The summed E-state index contributed by atoms with van der Waals surface area (Å²) in [6, 6.07) is 3.70. The fraction of sp³-hybridized carbons (Fsp3) is 0.600. The van der Waals surface area contributed by atoms with E-state index in [0.717, 1.165) is 23.3 Å². The Balaban J connectivity index is 2.50. The molecule has 1 aliphatic rings. The zero-order valence-corrected chi connectivity index (χ0v) is 14.6. The molecule has 1 saturated heterocycles. The van der Waals surface area contributed by atoms with Gasteiger partial charge in [0, 0.05) is 29.8 Å². The third-order valence-corrected chi connectivity index (χ3v) is 6.95. The zero-order chi connectivity index (χ0) is 15.6. The van der Waals surface area contributed by atoms with Gasteiger partial charge in [-0.2, -0.15) is 16.1 Å². The van der Waals surface area contributed by atoms with E-state index in [1.54, 1.807) is 10.4 Å². The van der Waals surface area contributed by atoms with Crippen molar-refractivity contribution in [2.24, 2.45) is 0 Å². The van der Waals surface area contributed by atoms with Gasteiger partial charge in [-0.15, -0.1) is 0 Å². The summed E-state index contributed by atoms with van der Waals surface area (Å²) in [5.74, 6) is 0.852. The summed E-state index contributed by atoms with van der Waals surface area (Å²) < 4.78 is 27.6. The van der Waals surface area contributed by atoms with Crippen molar-refractivity contribution >= 4 is 27.5 Å². The fourth-order valence-electron chi connectivity index (χ4n) is 2.68. The number of hydrogen-bond acceptors (Lipinski definition) is 4. The van der Waals surface area contributed by atoms with Gasteiger partial charge in [0.2, 0.25) is 10.0 Å². The third-order valence-electron chi connectivity index (χ3n) is 3.89. The Morgan fingerprint density at radius 2 is 2.05 bits per heavy atom. The number of nitrogen functional groups attached to an aromatic ring is 1. The largest absolute Gasteiger partial charge is 0.398 e. The summed E-state index contributed by atoms with van der Waals surface area (Å²) in [6.45, 7) is 7.19. The number of benzene rings is 1. The molecule has 2 rings (SSSR count). The first-order chi connectivity index (χ1) is 9.90. The molecule has 1 fully saturated rings. The van der Waals surface area contributed by atoms with Gasteiger partial charge >= 0.3 is 0 Å². The molecule has 118 valence electrons. The van der Waals surface area contributed by atoms with Crippen LogP contribution in [0.15, 0.2) is 17.0 Å². The average Bonchev–Trinajstić information content (AvgIpc) is 2.46. The van der Waals surface area contributed by atoms with Crippen molar-refractivity contribution in [3.05, 3.63) is 23.3 Å². The Hall–Kier alpha value is -0.720. The summed E-state index contributed by atoms with van der Waals surface area (Å²) in [6.07, 6.45) is 1.41. The molecule has 0 spiro atoms. The summed E-state index contributed by atoms with van der Waals surface area (Å²) in [4.78, 5) is 0.404. The summed E-state index contributed by atoms with van der Waals surface area (Å²) in [7, 11) is -3.45. The van der Waals surface area contributed by atoms with Gasteiger partial charge in [-0.25, -0.2) is 8.42 Å². The van der Waals surface area contributed by atoms with E-state index in [-0.39, 0.29) is 0 Å². The Kier molecular flexibility index (Phi) is 5.22. The Morgan fingerprint density at radius 3 is 2.62 bits per heavy atom. The Labute approximate surface area is 132 Å². The molecular weight excluding hydrogens is 304 g/mol. The number of nitrogens with zero attached hydrogens (tertiary/aromatic N) is 1. The molecule has 1 aromatic rings. The SMILES string of the molecule is CCc1cc(N)c(CC)c(S(=O)(=O)N2CCSC(C)C2)c1. The van der Waals surface area contributed by atoms with Crippen LogP contribution in [0.1, 0.15) is 31.9 Å². The van der Waals surface area contributed by atoms with Crippen molar-refractivity contribution in [3.8, 4) is 0 Å². The normalized spacial score (nSPS) is 20.6. The van der Waals surface area contributed by atoms with Crippen LogP contribution in [0.4, 0.5) is 5.69 Å². The lowest BCUT2D eigenvalue weighted by Crippen LogP contribution is -2.41. The fourth-order valence-corrected chi connectivity index (χ4v) is 5.81. The van der Waals surface area contributed by atoms with Gasteiger partial charge in [0.25, 0.3) is 0 Å². The second-order valence-electron chi connectivity index (χ2n) is 5.41. The molecule has 0 radical (unpaired) electrons. The first kappa shape index (κ1) is 16.6. The van der Waals surface area contributed by atoms with Crippen molar-refractivity contribution < 1.29 is 8.42 Å². The maximum absolute atomic E-state index is 13.0. The lowest BCUT2D eigenvalue weighted by molar-refractivity contribution is 0.423. The molecule has 0 bridgehead atoms. The summed E-state index contributed by atoms with van der Waals surface area (Å²) in [5.41, 5.74) is 8.39. The smallest absolute Gasteiger partial charge is 0.243 e. The third kappa shape index (κ3) is 3.38. The van der Waals surface area contributed by atoms with Gasteiger partial charge in [-0.3, -0.25) is 0 Å². The summed E-state index contributed by atoms with van der Waals surface area (Å²) >= 11 is 1.82. The first-order valence-corrected chi connectivity index (χ1v) is 9.92. The lowest BCUT2D eigenvalue weighted by atomic mass is 10.1. The quantitative estimate of drug-likeness (QED) is 0.863. The van der Waals surface area contributed by atoms with E-state index in [1.807, 2.05) is 31.7 Å². The highest BCUT2D eigenvalue weighted by molar-refractivity contribution is 8.00. The molecule has 1 atom stereocenters. The molecular formula is C15H24N2O2S2. The van der Waals surface area contributed by atoms with Gasteiger partial charge < -0.3 is 5.73 Å². The van der Waals surface area contributed by atoms with Crippen LogP contribution in [-0.4, -0.2) is 36.8 Å². The van der Waals surface area contributed by atoms with E-state index in [0.29, 0.717) is 35.3 Å². The second-order valence-corrected chi connectivity index (χ2v) is 8.87. The molecule has 2 N–H and O–H groups in total. The number of thioether (sulfide) groups is 1. The van der Waals surface area contributed by atoms with E-state index in [2.05, 4.69) is 6.92 Å². The molecule has 6 heteroatoms. The van der Waals surface area contributed by atoms with Crippen molar-refractivity contribution in [3.63, 3.8) is 0 Å². The molecule has 1 aliphatic heterocycles. The molecule has 1 aromatic carbocycles. The second kappa shape index (κ2) is 6.58. The van der Waals surface area contributed by atoms with Gasteiger partial charge in [-0.05, 0) is 36.1 Å². The standard InChI is InChI=1S/C15H24N2O2S2/c1-4-12-8-14(16)13(5-2)15(9-12)21(18,19)17-6-7-20-11(3)10-17/h8-9,11H,4-7,10,16H2,1-3H3. The van der Waals surface area contributed by atoms with E-state index in [1.165, 1.54) is 0 Å². The van der Waals surface area contributed by atoms with Gasteiger partial charge in [0.15, 0.2) is 0 Å². The predicted molar refractivity (Wildman–Crippen MR) is 90.3 cm³/mol. The monoisotopic (exact) mass is 328 g/mol. The van der Waals surface area contributed by atoms with E-state index >= 15 is 0 Å². The molecule has 4 nitrogen and oxygen atoms in total. The van der Waals surface area contributed by atoms with E-state index in [9.17, 15) is 8.42 Å². The average molecular weight is 329 g/mol. The van der Waals surface area contributed by atoms with Crippen LogP contribution >= 0.6 is 11.8 Å². The topological polar surface area (TPSA) is 63.4 Å². The first-order valence-electron chi connectivity index (χ1n) is 7.43. The van der Waals surface area contributed by atoms with Gasteiger partial charge in [0.1, 0.15) is 0 Å². The minimum absolute atomic E-state index is 0.338. The van der Waals surface area contributed by atoms with E-state index < -0.39 is 10.0 Å². The van der Waals surface area contributed by atoms with E-state index in [4.69, 9.17) is 5.73 Å². The zero-order valence-electron chi connectivity index (χ0n) is 12.9. The highest BCUT2D eigenvalue weighted by Gasteiger charge is 2.31. The number of hydrogen-bond donors (Lipinski definition) is 1. The van der Waals surface area contributed by atoms with Crippen molar-refractivity contribution in [1.29, 1.82) is 0 Å². The summed E-state index contributed by atoms with van der Waals surface area (Å²) in [5, 5.41) is 0.338. The Bertz CT molecular complexity index is 614. The number of aryl methyl sites for hydroxylation is 1. The number of sulfonamides is 1.